The molecule has 1 aromatic carbocycles. The maximum Gasteiger partial charge on any atom is 0.142 e. The van der Waals surface area contributed by atoms with Gasteiger partial charge < -0.3 is 5.32 Å². The minimum atomic E-state index is -0.392. The highest BCUT2D eigenvalue weighted by atomic mass is 35.5. The molecule has 1 N–H and O–H groups in total. The summed E-state index contributed by atoms with van der Waals surface area (Å²) in [5.74, 6) is 1.01. The van der Waals surface area contributed by atoms with Crippen LogP contribution in [0, 0.1) is 17.7 Å². The molecule has 5 heteroatoms. The third-order valence-electron chi connectivity index (χ3n) is 5.16. The molecule has 116 valence electrons. The molecule has 1 aromatic rings. The first kappa shape index (κ1) is 15.5. The molecule has 0 aromatic heterocycles. The topological polar surface area (TPSA) is 15.3 Å². The van der Waals surface area contributed by atoms with Crippen LogP contribution in [-0.4, -0.2) is 30.6 Å². The number of nitrogens with zero attached hydrogens (tertiary/aromatic N) is 1. The van der Waals surface area contributed by atoms with Crippen LogP contribution in [0.4, 0.5) is 4.39 Å². The van der Waals surface area contributed by atoms with Crippen molar-refractivity contribution in [3.63, 3.8) is 0 Å². The van der Waals surface area contributed by atoms with Crippen LogP contribution in [0.5, 0.6) is 0 Å². The summed E-state index contributed by atoms with van der Waals surface area (Å²) in [5, 5.41) is 4.13. The Kier molecular flexibility index (Phi) is 4.47. The molecule has 2 aliphatic rings. The van der Waals surface area contributed by atoms with Crippen molar-refractivity contribution in [3.05, 3.63) is 33.6 Å². The lowest BCUT2D eigenvalue weighted by atomic mass is 9.92. The molecule has 0 aliphatic carbocycles. The van der Waals surface area contributed by atoms with Crippen molar-refractivity contribution in [2.45, 2.75) is 32.4 Å². The van der Waals surface area contributed by atoms with Gasteiger partial charge in [-0.15, -0.1) is 0 Å². The summed E-state index contributed by atoms with van der Waals surface area (Å²) in [6.07, 6.45) is 1.11. The molecule has 0 saturated carbocycles. The van der Waals surface area contributed by atoms with Crippen molar-refractivity contribution in [1.82, 2.24) is 10.2 Å². The second-order valence-corrected chi connectivity index (χ2v) is 7.03. The Bertz CT molecular complexity index is 537. The van der Waals surface area contributed by atoms with Crippen LogP contribution in [0.1, 0.15) is 31.9 Å². The summed E-state index contributed by atoms with van der Waals surface area (Å²) in [6.45, 7) is 7.58. The minimum Gasteiger partial charge on any atom is -0.316 e. The first-order chi connectivity index (χ1) is 10.0. The lowest BCUT2D eigenvalue weighted by Crippen LogP contribution is -2.37. The van der Waals surface area contributed by atoms with Gasteiger partial charge in [-0.05, 0) is 56.0 Å². The van der Waals surface area contributed by atoms with E-state index < -0.39 is 5.82 Å². The Morgan fingerprint density at radius 3 is 2.81 bits per heavy atom. The molecule has 0 amide bonds. The SMILES string of the molecule is CCC1C2CNCC2CN1C(C)c1cc(F)c(Cl)cc1Cl. The summed E-state index contributed by atoms with van der Waals surface area (Å²) >= 11 is 12.1. The highest BCUT2D eigenvalue weighted by Gasteiger charge is 2.45. The molecule has 2 saturated heterocycles. The van der Waals surface area contributed by atoms with Crippen LogP contribution in [0.2, 0.25) is 10.0 Å². The van der Waals surface area contributed by atoms with Crippen molar-refractivity contribution in [2.75, 3.05) is 19.6 Å². The first-order valence-electron chi connectivity index (χ1n) is 7.63. The molecule has 2 heterocycles. The molecule has 4 unspecified atom stereocenters. The maximum absolute atomic E-state index is 13.8. The van der Waals surface area contributed by atoms with Crippen molar-refractivity contribution in [3.8, 4) is 0 Å². The van der Waals surface area contributed by atoms with Crippen LogP contribution in [0.15, 0.2) is 12.1 Å². The van der Waals surface area contributed by atoms with Gasteiger partial charge >= 0.3 is 0 Å². The molecule has 2 nitrogen and oxygen atoms in total. The fourth-order valence-corrected chi connectivity index (χ4v) is 4.62. The highest BCUT2D eigenvalue weighted by molar-refractivity contribution is 6.35. The van der Waals surface area contributed by atoms with Crippen LogP contribution in [0.3, 0.4) is 0 Å². The van der Waals surface area contributed by atoms with E-state index in [9.17, 15) is 4.39 Å². The van der Waals surface area contributed by atoms with Gasteiger partial charge in [0, 0.05) is 23.7 Å². The number of hydrogen-bond acceptors (Lipinski definition) is 2. The molecule has 0 spiro atoms. The first-order valence-corrected chi connectivity index (χ1v) is 8.39. The summed E-state index contributed by atoms with van der Waals surface area (Å²) in [5.41, 5.74) is 0.838. The zero-order valence-corrected chi connectivity index (χ0v) is 13.9. The van der Waals surface area contributed by atoms with Crippen LogP contribution in [-0.2, 0) is 0 Å². The van der Waals surface area contributed by atoms with Gasteiger partial charge in [-0.3, -0.25) is 4.90 Å². The van der Waals surface area contributed by atoms with Gasteiger partial charge in [0.2, 0.25) is 0 Å². The zero-order chi connectivity index (χ0) is 15.1. The molecule has 21 heavy (non-hydrogen) atoms. The van der Waals surface area contributed by atoms with Crippen molar-refractivity contribution < 1.29 is 4.39 Å². The second-order valence-electron chi connectivity index (χ2n) is 6.22. The predicted octanol–water partition coefficient (Wildman–Crippen LogP) is 4.12. The molecule has 4 atom stereocenters. The predicted molar refractivity (Wildman–Crippen MR) is 85.5 cm³/mol. The van der Waals surface area contributed by atoms with E-state index in [2.05, 4.69) is 24.1 Å². The Balaban J connectivity index is 1.88. The number of rotatable bonds is 3. The average Bonchev–Trinajstić information content (AvgIpc) is 3.02. The summed E-state index contributed by atoms with van der Waals surface area (Å²) in [7, 11) is 0. The molecule has 0 radical (unpaired) electrons. The summed E-state index contributed by atoms with van der Waals surface area (Å²) < 4.78 is 13.8. The van der Waals surface area contributed by atoms with Crippen LogP contribution >= 0.6 is 23.2 Å². The zero-order valence-electron chi connectivity index (χ0n) is 12.4. The van der Waals surface area contributed by atoms with E-state index in [1.165, 1.54) is 12.1 Å². The lowest BCUT2D eigenvalue weighted by molar-refractivity contribution is 0.165. The number of benzene rings is 1. The quantitative estimate of drug-likeness (QED) is 0.838. The number of fused-ring (bicyclic) bond motifs is 1. The minimum absolute atomic E-state index is 0.0884. The normalized spacial score (nSPS) is 30.6. The Labute approximate surface area is 135 Å². The molecular weight excluding hydrogens is 310 g/mol. The third-order valence-corrected chi connectivity index (χ3v) is 5.78. The summed E-state index contributed by atoms with van der Waals surface area (Å²) in [6, 6.07) is 3.66. The summed E-state index contributed by atoms with van der Waals surface area (Å²) in [4.78, 5) is 2.49. The van der Waals surface area contributed by atoms with Gasteiger partial charge in [-0.25, -0.2) is 4.39 Å². The van der Waals surface area contributed by atoms with Crippen molar-refractivity contribution in [1.29, 1.82) is 0 Å². The van der Waals surface area contributed by atoms with Gasteiger partial charge in [0.15, 0.2) is 0 Å². The van der Waals surface area contributed by atoms with Crippen molar-refractivity contribution in [2.24, 2.45) is 11.8 Å². The molecule has 0 bridgehead atoms. The van der Waals surface area contributed by atoms with Gasteiger partial charge in [-0.2, -0.15) is 0 Å². The number of nitrogens with one attached hydrogen (secondary N) is 1. The average molecular weight is 331 g/mol. The van der Waals surface area contributed by atoms with Crippen molar-refractivity contribution >= 4 is 23.2 Å². The van der Waals surface area contributed by atoms with Gasteiger partial charge in [0.1, 0.15) is 5.82 Å². The van der Waals surface area contributed by atoms with E-state index in [0.717, 1.165) is 31.6 Å². The number of hydrogen-bond donors (Lipinski definition) is 1. The molecule has 2 fully saturated rings. The Morgan fingerprint density at radius 2 is 2.10 bits per heavy atom. The van der Waals surface area contributed by atoms with E-state index in [-0.39, 0.29) is 11.1 Å². The van der Waals surface area contributed by atoms with Gasteiger partial charge in [0.25, 0.3) is 0 Å². The second kappa shape index (κ2) is 6.04. The maximum atomic E-state index is 13.8. The standard InChI is InChI=1S/C16H21Cl2FN2/c1-3-16-12-7-20-6-10(12)8-21(16)9(2)11-4-15(19)14(18)5-13(11)17/h4-5,9-10,12,16,20H,3,6-8H2,1-2H3. The van der Waals surface area contributed by atoms with Gasteiger partial charge in [-0.1, -0.05) is 30.1 Å². The van der Waals surface area contributed by atoms with E-state index in [0.29, 0.717) is 22.9 Å². The van der Waals surface area contributed by atoms with Gasteiger partial charge in [0.05, 0.1) is 5.02 Å². The van der Waals surface area contributed by atoms with E-state index in [1.54, 1.807) is 0 Å². The monoisotopic (exact) mass is 330 g/mol. The molecular formula is C16H21Cl2FN2. The lowest BCUT2D eigenvalue weighted by Gasteiger charge is -2.33. The Morgan fingerprint density at radius 1 is 1.33 bits per heavy atom. The van der Waals surface area contributed by atoms with E-state index in [1.807, 2.05) is 0 Å². The number of likely N-dealkylation sites (tertiary alicyclic amines) is 1. The smallest absolute Gasteiger partial charge is 0.142 e. The van der Waals surface area contributed by atoms with Crippen LogP contribution in [0.25, 0.3) is 0 Å². The highest BCUT2D eigenvalue weighted by Crippen LogP contribution is 2.41. The fraction of sp³-hybridized carbons (Fsp3) is 0.625. The van der Waals surface area contributed by atoms with Crippen LogP contribution < -0.4 is 5.32 Å². The molecule has 2 aliphatic heterocycles. The third kappa shape index (κ3) is 2.70. The fourth-order valence-electron chi connectivity index (χ4n) is 4.08. The molecule has 3 rings (SSSR count). The Hall–Kier alpha value is -0.350. The van der Waals surface area contributed by atoms with E-state index >= 15 is 0 Å². The largest absolute Gasteiger partial charge is 0.316 e. The van der Waals surface area contributed by atoms with E-state index in [4.69, 9.17) is 23.2 Å². The number of halogens is 3.